The molecule has 0 aliphatic carbocycles. The summed E-state index contributed by atoms with van der Waals surface area (Å²) in [5, 5.41) is 0. The van der Waals surface area contributed by atoms with E-state index in [0.717, 1.165) is 13.1 Å². The van der Waals surface area contributed by atoms with E-state index >= 15 is 0 Å². The topological polar surface area (TPSA) is 12.5 Å². The monoisotopic (exact) mass is 199 g/mol. The molecule has 1 aliphatic rings. The minimum Gasteiger partial charge on any atom is -0.373 e. The zero-order valence-electron chi connectivity index (χ0n) is 10.3. The SMILES string of the molecule is C[C@@H]1CN(CCC(C)(C)C)C[C@@H](C)O1. The number of ether oxygens (including phenoxy) is 1. The van der Waals surface area contributed by atoms with Gasteiger partial charge in [0.15, 0.2) is 0 Å². The van der Waals surface area contributed by atoms with Gasteiger partial charge in [-0.15, -0.1) is 0 Å². The average molecular weight is 199 g/mol. The highest BCUT2D eigenvalue weighted by molar-refractivity contribution is 4.74. The molecule has 1 saturated heterocycles. The van der Waals surface area contributed by atoms with Crippen molar-refractivity contribution < 1.29 is 4.74 Å². The minimum atomic E-state index is 0.402. The predicted octanol–water partition coefficient (Wildman–Crippen LogP) is 2.53. The van der Waals surface area contributed by atoms with Crippen LogP contribution in [0.3, 0.4) is 0 Å². The van der Waals surface area contributed by atoms with E-state index in [1.807, 2.05) is 0 Å². The molecule has 0 saturated carbocycles. The second-order valence-corrected chi connectivity index (χ2v) is 5.83. The van der Waals surface area contributed by atoms with Gasteiger partial charge in [0.2, 0.25) is 0 Å². The lowest BCUT2D eigenvalue weighted by atomic mass is 9.92. The molecule has 0 aromatic rings. The van der Waals surface area contributed by atoms with Crippen LogP contribution in [-0.4, -0.2) is 36.7 Å². The summed E-state index contributed by atoms with van der Waals surface area (Å²) in [6, 6.07) is 0. The molecule has 1 fully saturated rings. The van der Waals surface area contributed by atoms with Crippen LogP contribution in [0.1, 0.15) is 41.0 Å². The lowest BCUT2D eigenvalue weighted by Crippen LogP contribution is -2.46. The fourth-order valence-electron chi connectivity index (χ4n) is 1.96. The quantitative estimate of drug-likeness (QED) is 0.677. The molecule has 0 aromatic carbocycles. The van der Waals surface area contributed by atoms with Crippen LogP contribution in [-0.2, 0) is 4.74 Å². The smallest absolute Gasteiger partial charge is 0.0678 e. The molecule has 1 aliphatic heterocycles. The third-order valence-electron chi connectivity index (χ3n) is 2.67. The van der Waals surface area contributed by atoms with Crippen molar-refractivity contribution in [1.29, 1.82) is 0 Å². The Labute approximate surface area is 88.6 Å². The summed E-state index contributed by atoms with van der Waals surface area (Å²) >= 11 is 0. The van der Waals surface area contributed by atoms with Gasteiger partial charge in [-0.3, -0.25) is 4.90 Å². The molecule has 2 nitrogen and oxygen atoms in total. The first-order valence-electron chi connectivity index (χ1n) is 5.74. The van der Waals surface area contributed by atoms with Gasteiger partial charge in [0.25, 0.3) is 0 Å². The number of rotatable bonds is 2. The summed E-state index contributed by atoms with van der Waals surface area (Å²) in [5.41, 5.74) is 0.449. The normalized spacial score (nSPS) is 30.6. The van der Waals surface area contributed by atoms with Gasteiger partial charge in [0.1, 0.15) is 0 Å². The highest BCUT2D eigenvalue weighted by Gasteiger charge is 2.23. The van der Waals surface area contributed by atoms with Crippen molar-refractivity contribution in [2.24, 2.45) is 5.41 Å². The Morgan fingerprint density at radius 1 is 1.14 bits per heavy atom. The van der Waals surface area contributed by atoms with Crippen LogP contribution in [0, 0.1) is 5.41 Å². The van der Waals surface area contributed by atoms with Gasteiger partial charge in [0, 0.05) is 13.1 Å². The highest BCUT2D eigenvalue weighted by atomic mass is 16.5. The molecule has 1 heterocycles. The molecule has 2 atom stereocenters. The second kappa shape index (κ2) is 4.63. The van der Waals surface area contributed by atoms with Crippen LogP contribution in [0.2, 0.25) is 0 Å². The van der Waals surface area contributed by atoms with Crippen molar-refractivity contribution in [3.63, 3.8) is 0 Å². The van der Waals surface area contributed by atoms with Crippen LogP contribution in [0.5, 0.6) is 0 Å². The van der Waals surface area contributed by atoms with E-state index in [9.17, 15) is 0 Å². The van der Waals surface area contributed by atoms with Gasteiger partial charge in [-0.05, 0) is 32.2 Å². The van der Waals surface area contributed by atoms with Gasteiger partial charge < -0.3 is 4.74 Å². The van der Waals surface area contributed by atoms with E-state index in [0.29, 0.717) is 17.6 Å². The van der Waals surface area contributed by atoms with Crippen molar-refractivity contribution in [2.45, 2.75) is 53.2 Å². The molecule has 2 heteroatoms. The third kappa shape index (κ3) is 4.43. The first kappa shape index (κ1) is 12.0. The standard InChI is InChI=1S/C12H25NO/c1-10-8-13(9-11(2)14-10)7-6-12(3,4)5/h10-11H,6-9H2,1-5H3/t10-,11-/m1/s1. The Hall–Kier alpha value is -0.0800. The van der Waals surface area contributed by atoms with E-state index in [-0.39, 0.29) is 0 Å². The van der Waals surface area contributed by atoms with Crippen LogP contribution >= 0.6 is 0 Å². The van der Waals surface area contributed by atoms with Gasteiger partial charge in [-0.1, -0.05) is 20.8 Å². The van der Waals surface area contributed by atoms with Crippen molar-refractivity contribution >= 4 is 0 Å². The van der Waals surface area contributed by atoms with E-state index in [1.54, 1.807) is 0 Å². The first-order valence-corrected chi connectivity index (χ1v) is 5.74. The van der Waals surface area contributed by atoms with E-state index < -0.39 is 0 Å². The van der Waals surface area contributed by atoms with Crippen LogP contribution < -0.4 is 0 Å². The molecule has 0 spiro atoms. The molecule has 0 bridgehead atoms. The van der Waals surface area contributed by atoms with Crippen LogP contribution in [0.4, 0.5) is 0 Å². The molecule has 84 valence electrons. The van der Waals surface area contributed by atoms with E-state index in [1.165, 1.54) is 13.0 Å². The summed E-state index contributed by atoms with van der Waals surface area (Å²) in [5.74, 6) is 0. The molecule has 0 radical (unpaired) electrons. The lowest BCUT2D eigenvalue weighted by molar-refractivity contribution is -0.0697. The summed E-state index contributed by atoms with van der Waals surface area (Å²) in [6.45, 7) is 14.7. The minimum absolute atomic E-state index is 0.402. The molecular weight excluding hydrogens is 174 g/mol. The van der Waals surface area contributed by atoms with Crippen molar-refractivity contribution in [2.75, 3.05) is 19.6 Å². The molecular formula is C12H25NO. The number of hydrogen-bond donors (Lipinski definition) is 0. The zero-order chi connectivity index (χ0) is 10.8. The Morgan fingerprint density at radius 3 is 2.07 bits per heavy atom. The van der Waals surface area contributed by atoms with E-state index in [2.05, 4.69) is 39.5 Å². The summed E-state index contributed by atoms with van der Waals surface area (Å²) < 4.78 is 5.71. The van der Waals surface area contributed by atoms with Crippen LogP contribution in [0.15, 0.2) is 0 Å². The number of nitrogens with zero attached hydrogens (tertiary/aromatic N) is 1. The number of hydrogen-bond acceptors (Lipinski definition) is 2. The fourth-order valence-corrected chi connectivity index (χ4v) is 1.96. The summed E-state index contributed by atoms with van der Waals surface area (Å²) in [7, 11) is 0. The first-order chi connectivity index (χ1) is 6.37. The predicted molar refractivity (Wildman–Crippen MR) is 60.5 cm³/mol. The number of morpholine rings is 1. The Bertz CT molecular complexity index is 164. The third-order valence-corrected chi connectivity index (χ3v) is 2.67. The Kier molecular flexibility index (Phi) is 3.96. The van der Waals surface area contributed by atoms with Crippen LogP contribution in [0.25, 0.3) is 0 Å². The van der Waals surface area contributed by atoms with Crippen molar-refractivity contribution in [3.05, 3.63) is 0 Å². The van der Waals surface area contributed by atoms with E-state index in [4.69, 9.17) is 4.74 Å². The highest BCUT2D eigenvalue weighted by Crippen LogP contribution is 2.20. The summed E-state index contributed by atoms with van der Waals surface area (Å²) in [4.78, 5) is 2.53. The molecule has 1 rings (SSSR count). The van der Waals surface area contributed by atoms with Crippen molar-refractivity contribution in [1.82, 2.24) is 4.90 Å². The Balaban J connectivity index is 2.30. The molecule has 0 amide bonds. The fraction of sp³-hybridized carbons (Fsp3) is 1.00. The Morgan fingerprint density at radius 2 is 1.64 bits per heavy atom. The molecule has 0 N–H and O–H groups in total. The van der Waals surface area contributed by atoms with Gasteiger partial charge >= 0.3 is 0 Å². The zero-order valence-corrected chi connectivity index (χ0v) is 10.3. The van der Waals surface area contributed by atoms with Gasteiger partial charge in [-0.25, -0.2) is 0 Å². The summed E-state index contributed by atoms with van der Waals surface area (Å²) in [6.07, 6.45) is 2.07. The van der Waals surface area contributed by atoms with Gasteiger partial charge in [0.05, 0.1) is 12.2 Å². The lowest BCUT2D eigenvalue weighted by Gasteiger charge is -2.36. The maximum absolute atomic E-state index is 5.71. The van der Waals surface area contributed by atoms with Gasteiger partial charge in [-0.2, -0.15) is 0 Å². The maximum atomic E-state index is 5.71. The molecule has 14 heavy (non-hydrogen) atoms. The second-order valence-electron chi connectivity index (χ2n) is 5.83. The maximum Gasteiger partial charge on any atom is 0.0678 e. The largest absolute Gasteiger partial charge is 0.373 e. The van der Waals surface area contributed by atoms with Crippen molar-refractivity contribution in [3.8, 4) is 0 Å². The molecule has 0 aromatic heterocycles. The average Bonchev–Trinajstić information content (AvgIpc) is 1.97. The molecule has 0 unspecified atom stereocenters.